The van der Waals surface area contributed by atoms with Crippen LogP contribution in [0.3, 0.4) is 0 Å². The summed E-state index contributed by atoms with van der Waals surface area (Å²) < 4.78 is 85.8. The molecule has 0 N–H and O–H groups in total. The minimum Gasteiger partial charge on any atom is -0.255 e. The molecular weight excluding hydrogens is 792 g/mol. The number of rotatable bonds is 11. The zero-order valence-electron chi connectivity index (χ0n) is 23.9. The van der Waals surface area contributed by atoms with Gasteiger partial charge in [0.25, 0.3) is 0 Å². The van der Waals surface area contributed by atoms with Gasteiger partial charge in [-0.3, -0.25) is 28.7 Å². The molecule has 0 spiro atoms. The SMILES string of the molecule is CCCCCCCCCCc1cnc(-c2[c-]cc(F)cc2F)nc1.F[P-](F)(F)(F)(F)F.[Ir].c1ccc(-c2ccccn2)nc1. The van der Waals surface area contributed by atoms with Crippen molar-refractivity contribution in [2.75, 3.05) is 0 Å². The standard InChI is InChI=1S/C20H25F2N2.C10H8N2.F6P.Ir/c1-2-3-4-5-6-7-8-9-10-16-14-23-20(24-15-16)18-12-11-17(21)13-19(18)22;1-3-7-11-9(5-1)10-6-2-4-8-12-10;1-7(2,3,4,5)6;/h11,13-15H,2-10H2,1H3;1-8H;;/q-1;;-1;. The fourth-order valence-corrected chi connectivity index (χ4v) is 3.72. The predicted octanol–water partition coefficient (Wildman–Crippen LogP) is 11.4. The van der Waals surface area contributed by atoms with Crippen LogP contribution in [-0.2, 0) is 26.5 Å². The number of benzene rings is 1. The van der Waals surface area contributed by atoms with Gasteiger partial charge in [0.1, 0.15) is 0 Å². The Morgan fingerprint density at radius 2 is 1.16 bits per heavy atom. The van der Waals surface area contributed by atoms with Gasteiger partial charge in [-0.15, -0.1) is 12.1 Å². The number of aryl methyl sites for hydroxylation is 1. The van der Waals surface area contributed by atoms with E-state index in [1.807, 2.05) is 36.4 Å². The Balaban J connectivity index is 0.000000400. The molecule has 3 heterocycles. The van der Waals surface area contributed by atoms with Crippen LogP contribution in [0.2, 0.25) is 0 Å². The normalized spacial score (nSPS) is 12.3. The molecule has 0 aliphatic rings. The maximum Gasteiger partial charge on any atom is 0.0886 e. The summed E-state index contributed by atoms with van der Waals surface area (Å²) >= 11 is 0. The minimum atomic E-state index is -10.7. The Kier molecular flexibility index (Phi) is 15.6. The number of nitrogens with zero attached hydrogens (tertiary/aromatic N) is 4. The monoisotopic (exact) mass is 825 g/mol. The van der Waals surface area contributed by atoms with E-state index in [9.17, 15) is 34.0 Å². The third kappa shape index (κ3) is 19.4. The third-order valence-electron chi connectivity index (χ3n) is 5.70. The summed E-state index contributed by atoms with van der Waals surface area (Å²) in [6.45, 7) is 2.23. The van der Waals surface area contributed by atoms with Crippen molar-refractivity contribution in [2.45, 2.75) is 64.7 Å². The van der Waals surface area contributed by atoms with Crippen LogP contribution < -0.4 is 0 Å². The molecule has 44 heavy (non-hydrogen) atoms. The minimum absolute atomic E-state index is 0. The average Bonchev–Trinajstić information content (AvgIpc) is 2.95. The Labute approximate surface area is 265 Å². The largest absolute Gasteiger partial charge is 0.255 e. The van der Waals surface area contributed by atoms with Gasteiger partial charge in [-0.2, -0.15) is 0 Å². The molecule has 4 nitrogen and oxygen atoms in total. The van der Waals surface area contributed by atoms with Crippen LogP contribution in [0.1, 0.15) is 63.9 Å². The Bertz CT molecular complexity index is 1320. The first-order chi connectivity index (χ1) is 20.1. The average molecular weight is 825 g/mol. The predicted molar refractivity (Wildman–Crippen MR) is 154 cm³/mol. The fraction of sp³-hybridized carbons (Fsp3) is 0.333. The maximum absolute atomic E-state index is 13.7. The van der Waals surface area contributed by atoms with E-state index in [4.69, 9.17) is 0 Å². The van der Waals surface area contributed by atoms with E-state index in [0.29, 0.717) is 0 Å². The summed E-state index contributed by atoms with van der Waals surface area (Å²) in [6, 6.07) is 16.1. The molecule has 0 saturated carbocycles. The van der Waals surface area contributed by atoms with Crippen LogP contribution >= 0.6 is 7.81 Å². The molecule has 0 amide bonds. The molecule has 4 rings (SSSR count). The van der Waals surface area contributed by atoms with Gasteiger partial charge in [-0.05, 0) is 42.7 Å². The van der Waals surface area contributed by atoms with E-state index in [2.05, 4.69) is 32.9 Å². The van der Waals surface area contributed by atoms with Crippen molar-refractivity contribution in [3.8, 4) is 22.8 Å². The van der Waals surface area contributed by atoms with E-state index in [1.54, 1.807) is 24.8 Å². The maximum atomic E-state index is 13.7. The second-order valence-corrected chi connectivity index (χ2v) is 11.5. The molecule has 0 bridgehead atoms. The van der Waals surface area contributed by atoms with Gasteiger partial charge >= 0.3 is 33.0 Å². The topological polar surface area (TPSA) is 51.6 Å². The van der Waals surface area contributed by atoms with Crippen LogP contribution in [0.4, 0.5) is 34.0 Å². The van der Waals surface area contributed by atoms with Crippen LogP contribution in [0.15, 0.2) is 73.3 Å². The van der Waals surface area contributed by atoms with E-state index >= 15 is 0 Å². The number of hydrogen-bond acceptors (Lipinski definition) is 4. The Morgan fingerprint density at radius 1 is 0.682 bits per heavy atom. The number of pyridine rings is 2. The van der Waals surface area contributed by atoms with E-state index in [-0.39, 0.29) is 31.5 Å². The summed E-state index contributed by atoms with van der Waals surface area (Å²) in [4.78, 5) is 16.7. The van der Waals surface area contributed by atoms with Gasteiger partial charge < -0.3 is 0 Å². The van der Waals surface area contributed by atoms with Gasteiger partial charge in [0, 0.05) is 56.5 Å². The zero-order valence-corrected chi connectivity index (χ0v) is 27.2. The first-order valence-corrected chi connectivity index (χ1v) is 15.7. The summed E-state index contributed by atoms with van der Waals surface area (Å²) in [7, 11) is -10.7. The quantitative estimate of drug-likeness (QED) is 0.0654. The summed E-state index contributed by atoms with van der Waals surface area (Å²) in [6.07, 6.45) is 18.2. The van der Waals surface area contributed by atoms with Crippen molar-refractivity contribution < 1.29 is 54.1 Å². The van der Waals surface area contributed by atoms with Crippen molar-refractivity contribution in [1.29, 1.82) is 0 Å². The van der Waals surface area contributed by atoms with Crippen molar-refractivity contribution >= 4 is 7.81 Å². The molecule has 3 aromatic heterocycles. The Hall–Kier alpha value is -2.88. The first kappa shape index (κ1) is 39.1. The van der Waals surface area contributed by atoms with Crippen LogP contribution in [0, 0.1) is 17.7 Å². The zero-order chi connectivity index (χ0) is 31.8. The summed E-state index contributed by atoms with van der Waals surface area (Å²) in [5.41, 5.74) is 2.98. The number of aromatic nitrogens is 4. The van der Waals surface area contributed by atoms with Crippen LogP contribution in [0.25, 0.3) is 22.8 Å². The molecule has 245 valence electrons. The molecule has 4 aromatic rings. The third-order valence-corrected chi connectivity index (χ3v) is 5.70. The second-order valence-electron chi connectivity index (χ2n) is 9.57. The fourth-order valence-electron chi connectivity index (χ4n) is 3.72. The number of halogens is 8. The molecule has 0 aliphatic carbocycles. The van der Waals surface area contributed by atoms with Crippen LogP contribution in [-0.4, -0.2) is 19.9 Å². The molecule has 0 fully saturated rings. The van der Waals surface area contributed by atoms with Gasteiger partial charge in [0.15, 0.2) is 0 Å². The molecule has 0 atom stereocenters. The van der Waals surface area contributed by atoms with Gasteiger partial charge in [-0.1, -0.05) is 75.6 Å². The van der Waals surface area contributed by atoms with Crippen molar-refractivity contribution in [1.82, 2.24) is 19.9 Å². The van der Waals surface area contributed by atoms with Crippen molar-refractivity contribution in [3.63, 3.8) is 0 Å². The van der Waals surface area contributed by atoms with Crippen LogP contribution in [0.5, 0.6) is 0 Å². The van der Waals surface area contributed by atoms with Gasteiger partial charge in [-0.25, -0.2) is 0 Å². The van der Waals surface area contributed by atoms with Gasteiger partial charge in [0.2, 0.25) is 0 Å². The van der Waals surface area contributed by atoms with Crippen molar-refractivity contribution in [3.05, 3.63) is 96.6 Å². The molecule has 0 unspecified atom stereocenters. The summed E-state index contributed by atoms with van der Waals surface area (Å²) in [5.74, 6) is -1.10. The number of unbranched alkanes of at least 4 members (excludes halogenated alkanes) is 7. The molecule has 0 saturated heterocycles. The van der Waals surface area contributed by atoms with E-state index in [1.165, 1.54) is 44.9 Å². The van der Waals surface area contributed by atoms with E-state index < -0.39 is 19.4 Å². The summed E-state index contributed by atoms with van der Waals surface area (Å²) in [5, 5.41) is 0. The smallest absolute Gasteiger partial charge is 0.0886 e. The second kappa shape index (κ2) is 17.6. The number of hydrogen-bond donors (Lipinski definition) is 0. The van der Waals surface area contributed by atoms with Crippen molar-refractivity contribution in [2.24, 2.45) is 0 Å². The first-order valence-electron chi connectivity index (χ1n) is 13.7. The molecule has 0 aliphatic heterocycles. The molecule has 14 heteroatoms. The Morgan fingerprint density at radius 3 is 1.59 bits per heavy atom. The molecular formula is C30H33F8IrN4P-2. The molecule has 1 radical (unpaired) electrons. The van der Waals surface area contributed by atoms with E-state index in [0.717, 1.165) is 41.9 Å². The molecule has 1 aromatic carbocycles. The van der Waals surface area contributed by atoms with Gasteiger partial charge in [0.05, 0.1) is 17.2 Å².